The molecular weight excluding hydrogens is 960 g/mol. The Hall–Kier alpha value is -4.32. The second-order valence-corrected chi connectivity index (χ2v) is 15.0. The molecule has 0 atom stereocenters. The molecule has 0 heterocycles. The molecule has 332 valence electrons. The first kappa shape index (κ1) is 56.7. The number of carboxylic acid groups (broad SMARTS) is 4. The number of aryl methyl sites for hydroxylation is 4. The summed E-state index contributed by atoms with van der Waals surface area (Å²) in [5.41, 5.74) is 4.95. The Morgan fingerprint density at radius 3 is 0.656 bits per heavy atom. The molecule has 0 aliphatic carbocycles. The number of hydrogen-bond donors (Lipinski definition) is 0. The van der Waals surface area contributed by atoms with Gasteiger partial charge in [-0.1, -0.05) is 202 Å². The molecule has 0 aliphatic rings. The molecule has 0 spiro atoms. The molecule has 0 aliphatic heterocycles. The molecule has 4 aromatic rings. The van der Waals surface area contributed by atoms with Crippen LogP contribution in [0, 0.1) is 0 Å². The van der Waals surface area contributed by atoms with Gasteiger partial charge in [0.25, 0.3) is 0 Å². The van der Waals surface area contributed by atoms with Gasteiger partial charge in [-0.25, -0.2) is 0 Å². The number of hydrogen-bond acceptors (Lipinski definition) is 8. The zero-order valence-corrected chi connectivity index (χ0v) is 41.0. The Morgan fingerprint density at radius 2 is 0.492 bits per heavy atom. The van der Waals surface area contributed by atoms with Crippen LogP contribution in [-0.4, -0.2) is 51.2 Å². The topological polar surface area (TPSA) is 161 Å². The Labute approximate surface area is 386 Å². The van der Waals surface area contributed by atoms with E-state index in [1.165, 1.54) is 51.4 Å². The van der Waals surface area contributed by atoms with Crippen molar-refractivity contribution in [3.8, 4) is 0 Å². The molecule has 0 bridgehead atoms. The summed E-state index contributed by atoms with van der Waals surface area (Å²) in [6.45, 7) is 8.65. The normalized spacial score (nSPS) is 10.0. The van der Waals surface area contributed by atoms with Crippen molar-refractivity contribution in [3.05, 3.63) is 142 Å². The van der Waals surface area contributed by atoms with E-state index in [0.29, 0.717) is 22.3 Å². The minimum absolute atomic E-state index is 0. The molecule has 0 unspecified atom stereocenters. The van der Waals surface area contributed by atoms with Crippen molar-refractivity contribution in [2.24, 2.45) is 0 Å². The van der Waals surface area contributed by atoms with Crippen LogP contribution < -0.4 is 20.4 Å². The van der Waals surface area contributed by atoms with Gasteiger partial charge in [0.2, 0.25) is 0 Å². The summed E-state index contributed by atoms with van der Waals surface area (Å²) in [6, 6.07) is 28.4. The molecule has 9 heteroatoms. The van der Waals surface area contributed by atoms with Crippen molar-refractivity contribution in [3.63, 3.8) is 0 Å². The SMILES string of the molecule is CCCCCCc1ccccc1C(=O)[O-].CCCCCCc1ccccc1C(=O)[O-].CCCCCCc1ccccc1C(=O)[O-].CCCCCCc1ccccc1C(=O)[O-].[Pb]. The van der Waals surface area contributed by atoms with Gasteiger partial charge in [-0.2, -0.15) is 0 Å². The summed E-state index contributed by atoms with van der Waals surface area (Å²) in [7, 11) is 0. The van der Waals surface area contributed by atoms with Crippen LogP contribution >= 0.6 is 0 Å². The minimum atomic E-state index is -1.07. The zero-order chi connectivity index (χ0) is 44.4. The molecule has 4 radical (unpaired) electrons. The molecule has 0 fully saturated rings. The van der Waals surface area contributed by atoms with Gasteiger partial charge in [0.1, 0.15) is 0 Å². The molecule has 0 saturated heterocycles. The van der Waals surface area contributed by atoms with E-state index in [9.17, 15) is 39.6 Å². The van der Waals surface area contributed by atoms with E-state index in [4.69, 9.17) is 0 Å². The predicted octanol–water partition coefficient (Wildman–Crippen LogP) is 8.31. The number of rotatable bonds is 24. The van der Waals surface area contributed by atoms with E-state index in [1.807, 2.05) is 48.5 Å². The fraction of sp³-hybridized carbons (Fsp3) is 0.462. The van der Waals surface area contributed by atoms with Gasteiger partial charge in [-0.3, -0.25) is 0 Å². The van der Waals surface area contributed by atoms with E-state index < -0.39 is 23.9 Å². The molecule has 4 aromatic carbocycles. The maximum absolute atomic E-state index is 10.8. The summed E-state index contributed by atoms with van der Waals surface area (Å²) in [4.78, 5) is 43.2. The first-order chi connectivity index (χ1) is 29.0. The van der Waals surface area contributed by atoms with Crippen molar-refractivity contribution in [2.75, 3.05) is 0 Å². The number of carbonyl (C=O) groups excluding carboxylic acids is 4. The molecule has 8 nitrogen and oxygen atoms in total. The third-order valence-electron chi connectivity index (χ3n) is 10.1. The largest absolute Gasteiger partial charge is 0.545 e. The van der Waals surface area contributed by atoms with E-state index in [2.05, 4.69) is 27.7 Å². The first-order valence-corrected chi connectivity index (χ1v) is 22.2. The Bertz CT molecular complexity index is 1540. The fourth-order valence-corrected chi connectivity index (χ4v) is 6.72. The van der Waals surface area contributed by atoms with E-state index in [-0.39, 0.29) is 27.3 Å². The van der Waals surface area contributed by atoms with Gasteiger partial charge < -0.3 is 39.6 Å². The van der Waals surface area contributed by atoms with Gasteiger partial charge in [0.15, 0.2) is 0 Å². The Morgan fingerprint density at radius 1 is 0.311 bits per heavy atom. The molecule has 0 amide bonds. The maximum atomic E-state index is 10.8. The number of carbonyl (C=O) groups is 4. The van der Waals surface area contributed by atoms with Crippen molar-refractivity contribution in [2.45, 2.75) is 156 Å². The molecule has 0 N–H and O–H groups in total. The van der Waals surface area contributed by atoms with E-state index >= 15 is 0 Å². The summed E-state index contributed by atoms with van der Waals surface area (Å²) in [6.07, 6.45) is 21.9. The second kappa shape index (κ2) is 36.3. The van der Waals surface area contributed by atoms with Crippen LogP contribution in [0.2, 0.25) is 0 Å². The maximum Gasteiger partial charge on any atom is 0.0718 e. The van der Waals surface area contributed by atoms with Crippen LogP contribution in [0.5, 0.6) is 0 Å². The van der Waals surface area contributed by atoms with E-state index in [0.717, 1.165) is 99.3 Å². The smallest absolute Gasteiger partial charge is 0.0718 e. The average Bonchev–Trinajstić information content (AvgIpc) is 3.25. The molecule has 61 heavy (non-hydrogen) atoms. The zero-order valence-electron chi connectivity index (χ0n) is 37.1. The first-order valence-electron chi connectivity index (χ1n) is 22.2. The van der Waals surface area contributed by atoms with Crippen LogP contribution in [0.3, 0.4) is 0 Å². The summed E-state index contributed by atoms with van der Waals surface area (Å²) in [5, 5.41) is 43.2. The van der Waals surface area contributed by atoms with Gasteiger partial charge in [0.05, 0.1) is 23.9 Å². The molecule has 4 rings (SSSR count). The third-order valence-corrected chi connectivity index (χ3v) is 10.1. The van der Waals surface area contributed by atoms with Crippen molar-refractivity contribution < 1.29 is 39.6 Å². The average molecular weight is 1030 g/mol. The van der Waals surface area contributed by atoms with E-state index in [1.54, 1.807) is 48.5 Å². The second-order valence-electron chi connectivity index (χ2n) is 15.0. The summed E-state index contributed by atoms with van der Waals surface area (Å²) < 4.78 is 0. The standard InChI is InChI=1S/4C13H18O2.Pb/c4*1-2-3-4-5-8-11-9-6-7-10-12(11)13(14)15;/h4*6-7,9-10H,2-5,8H2,1H3,(H,14,15);/p-4. The summed E-state index contributed by atoms with van der Waals surface area (Å²) >= 11 is 0. The summed E-state index contributed by atoms with van der Waals surface area (Å²) in [5.74, 6) is -4.27. The van der Waals surface area contributed by atoms with Gasteiger partial charge in [-0.15, -0.1) is 0 Å². The van der Waals surface area contributed by atoms with Crippen molar-refractivity contribution >= 4 is 51.2 Å². The molecule has 0 saturated carbocycles. The van der Waals surface area contributed by atoms with Crippen molar-refractivity contribution in [1.82, 2.24) is 0 Å². The van der Waals surface area contributed by atoms with Crippen molar-refractivity contribution in [1.29, 1.82) is 0 Å². The fourth-order valence-electron chi connectivity index (χ4n) is 6.72. The van der Waals surface area contributed by atoms with Gasteiger partial charge >= 0.3 is 0 Å². The monoisotopic (exact) mass is 1030 g/mol. The number of aromatic carboxylic acids is 4. The Kier molecular flexibility index (Phi) is 33.8. The van der Waals surface area contributed by atoms with Gasteiger partial charge in [0, 0.05) is 49.6 Å². The molecule has 0 aromatic heterocycles. The van der Waals surface area contributed by atoms with Crippen LogP contribution in [0.1, 0.15) is 194 Å². The van der Waals surface area contributed by atoms with Gasteiger partial charge in [-0.05, 0) is 73.6 Å². The predicted molar refractivity (Wildman–Crippen MR) is 240 cm³/mol. The van der Waals surface area contributed by atoms with Crippen LogP contribution in [0.15, 0.2) is 97.1 Å². The Balaban J connectivity index is 0.000000783. The quantitative estimate of drug-likeness (QED) is 0.0501. The van der Waals surface area contributed by atoms with Crippen LogP contribution in [-0.2, 0) is 25.7 Å². The van der Waals surface area contributed by atoms with Crippen LogP contribution in [0.4, 0.5) is 0 Å². The minimum Gasteiger partial charge on any atom is -0.545 e. The molecular formula is C52H68O8Pb-4. The van der Waals surface area contributed by atoms with Crippen LogP contribution in [0.25, 0.3) is 0 Å². The number of carboxylic acids is 4. The number of unbranched alkanes of at least 4 members (excludes halogenated alkanes) is 12. The number of benzene rings is 4. The third kappa shape index (κ3) is 25.3.